The predicted octanol–water partition coefficient (Wildman–Crippen LogP) is 5.00. The van der Waals surface area contributed by atoms with Crippen molar-refractivity contribution in [3.8, 4) is 0 Å². The van der Waals surface area contributed by atoms with Gasteiger partial charge in [0.15, 0.2) is 5.78 Å². The highest BCUT2D eigenvalue weighted by Gasteiger charge is 2.28. The fraction of sp³-hybridized carbons (Fsp3) is 0.421. The summed E-state index contributed by atoms with van der Waals surface area (Å²) in [6.45, 7) is 8.41. The fourth-order valence-electron chi connectivity index (χ4n) is 3.36. The third-order valence-corrected chi connectivity index (χ3v) is 4.85. The Morgan fingerprint density at radius 2 is 1.91 bits per heavy atom. The molecule has 23 heavy (non-hydrogen) atoms. The maximum atomic E-state index is 12.6. The number of nitrogens with one attached hydrogen (secondary N) is 1. The van der Waals surface area contributed by atoms with Gasteiger partial charge in [0, 0.05) is 23.0 Å². The van der Waals surface area contributed by atoms with E-state index in [0.29, 0.717) is 11.1 Å². The monoisotopic (exact) mass is 330 g/mol. The number of benzene rings is 1. The van der Waals surface area contributed by atoms with E-state index in [1.807, 2.05) is 32.9 Å². The molecule has 4 heteroatoms. The van der Waals surface area contributed by atoms with Crippen molar-refractivity contribution in [2.24, 2.45) is 0 Å². The Kier molecular flexibility index (Phi) is 4.24. The van der Waals surface area contributed by atoms with E-state index in [0.717, 1.165) is 28.1 Å². The van der Waals surface area contributed by atoms with Crippen molar-refractivity contribution in [1.29, 1.82) is 0 Å². The third-order valence-electron chi connectivity index (χ3n) is 4.55. The van der Waals surface area contributed by atoms with Gasteiger partial charge in [0.25, 0.3) is 0 Å². The second kappa shape index (κ2) is 6.04. The minimum absolute atomic E-state index is 0.112. The molecule has 1 aliphatic rings. The van der Waals surface area contributed by atoms with Gasteiger partial charge in [0.2, 0.25) is 0 Å². The number of hydrogen-bond acceptors (Lipinski definition) is 2. The van der Waals surface area contributed by atoms with Gasteiger partial charge in [-0.1, -0.05) is 17.7 Å². The van der Waals surface area contributed by atoms with E-state index in [2.05, 4.69) is 22.9 Å². The van der Waals surface area contributed by atoms with Gasteiger partial charge >= 0.3 is 0 Å². The summed E-state index contributed by atoms with van der Waals surface area (Å²) in [5, 5.41) is 3.88. The molecular formula is C19H23ClN2O. The molecule has 0 aliphatic heterocycles. The average molecular weight is 331 g/mol. The Labute approximate surface area is 142 Å². The molecule has 1 N–H and O–H groups in total. The summed E-state index contributed by atoms with van der Waals surface area (Å²) in [6.07, 6.45) is 2.45. The fourth-order valence-corrected chi connectivity index (χ4v) is 3.75. The zero-order valence-corrected chi connectivity index (χ0v) is 14.9. The summed E-state index contributed by atoms with van der Waals surface area (Å²) in [7, 11) is 0. The zero-order valence-electron chi connectivity index (χ0n) is 14.2. The number of ketones is 1. The van der Waals surface area contributed by atoms with Gasteiger partial charge in [-0.3, -0.25) is 4.79 Å². The number of Topliss-reactive ketones (excluding diaryl/α,β-unsaturated/α-hetero) is 1. The highest BCUT2D eigenvalue weighted by Crippen LogP contribution is 2.38. The number of carbonyl (C=O) groups excluding carboxylic acids is 1. The summed E-state index contributed by atoms with van der Waals surface area (Å²) in [6, 6.07) is 6.59. The highest BCUT2D eigenvalue weighted by atomic mass is 35.5. The number of halogens is 1. The largest absolute Gasteiger partial charge is 0.376 e. The van der Waals surface area contributed by atoms with Crippen molar-refractivity contribution in [2.75, 3.05) is 11.9 Å². The number of rotatable bonds is 5. The van der Waals surface area contributed by atoms with E-state index in [1.165, 1.54) is 18.5 Å². The minimum atomic E-state index is 0.112. The molecule has 1 heterocycles. The van der Waals surface area contributed by atoms with Crippen LogP contribution in [0.1, 0.15) is 51.8 Å². The second-order valence-corrected chi connectivity index (χ2v) is 7.01. The Morgan fingerprint density at radius 3 is 2.52 bits per heavy atom. The summed E-state index contributed by atoms with van der Waals surface area (Å²) >= 11 is 6.30. The molecule has 0 atom stereocenters. The number of nitrogens with zero attached hydrogens (tertiary/aromatic N) is 1. The van der Waals surface area contributed by atoms with Crippen LogP contribution in [-0.2, 0) is 0 Å². The Morgan fingerprint density at radius 1 is 1.22 bits per heavy atom. The van der Waals surface area contributed by atoms with E-state index in [4.69, 9.17) is 11.6 Å². The maximum absolute atomic E-state index is 12.6. The normalized spacial score (nSPS) is 14.1. The molecule has 122 valence electrons. The molecule has 0 bridgehead atoms. The molecule has 0 amide bonds. The first kappa shape index (κ1) is 16.1. The van der Waals surface area contributed by atoms with Crippen LogP contribution in [0.2, 0.25) is 5.02 Å². The Bertz CT molecular complexity index is 749. The third kappa shape index (κ3) is 3.16. The molecular weight excluding hydrogens is 308 g/mol. The Balaban J connectivity index is 1.77. The van der Waals surface area contributed by atoms with Gasteiger partial charge in [-0.2, -0.15) is 0 Å². The van der Waals surface area contributed by atoms with Gasteiger partial charge in [-0.05, 0) is 63.8 Å². The lowest BCUT2D eigenvalue weighted by molar-refractivity contribution is 0.101. The van der Waals surface area contributed by atoms with Crippen LogP contribution in [0.25, 0.3) is 0 Å². The van der Waals surface area contributed by atoms with Crippen molar-refractivity contribution in [3.63, 3.8) is 0 Å². The van der Waals surface area contributed by atoms with Crippen LogP contribution in [0.3, 0.4) is 0 Å². The van der Waals surface area contributed by atoms with E-state index in [1.54, 1.807) is 0 Å². The summed E-state index contributed by atoms with van der Waals surface area (Å²) in [5.74, 6) is 0.112. The van der Waals surface area contributed by atoms with Gasteiger partial charge in [0.1, 0.15) is 0 Å². The molecule has 0 radical (unpaired) electrons. The van der Waals surface area contributed by atoms with E-state index in [9.17, 15) is 4.79 Å². The van der Waals surface area contributed by atoms with Gasteiger partial charge < -0.3 is 9.88 Å². The maximum Gasteiger partial charge on any atom is 0.183 e. The highest BCUT2D eigenvalue weighted by molar-refractivity contribution is 6.33. The van der Waals surface area contributed by atoms with Crippen LogP contribution < -0.4 is 5.32 Å². The van der Waals surface area contributed by atoms with E-state index in [-0.39, 0.29) is 12.3 Å². The molecule has 1 aromatic carbocycles. The summed E-state index contributed by atoms with van der Waals surface area (Å²) < 4.78 is 2.30. The molecule has 1 fully saturated rings. The molecule has 1 aromatic heterocycles. The van der Waals surface area contributed by atoms with Gasteiger partial charge in [0.05, 0.1) is 17.3 Å². The number of aromatic nitrogens is 1. The second-order valence-electron chi connectivity index (χ2n) is 6.60. The van der Waals surface area contributed by atoms with E-state index >= 15 is 0 Å². The van der Waals surface area contributed by atoms with E-state index < -0.39 is 0 Å². The molecule has 2 aromatic rings. The van der Waals surface area contributed by atoms with Crippen LogP contribution in [-0.4, -0.2) is 16.9 Å². The molecule has 3 rings (SSSR count). The van der Waals surface area contributed by atoms with Crippen molar-refractivity contribution in [3.05, 3.63) is 51.3 Å². The lowest BCUT2D eigenvalue weighted by atomic mass is 10.1. The summed E-state index contributed by atoms with van der Waals surface area (Å²) in [4.78, 5) is 12.6. The molecule has 0 unspecified atom stereocenters. The van der Waals surface area contributed by atoms with Crippen LogP contribution in [0.4, 0.5) is 5.69 Å². The molecule has 0 spiro atoms. The molecule has 0 saturated heterocycles. The lowest BCUT2D eigenvalue weighted by Gasteiger charge is -2.12. The molecule has 1 saturated carbocycles. The van der Waals surface area contributed by atoms with Crippen molar-refractivity contribution in [2.45, 2.75) is 46.6 Å². The first-order valence-corrected chi connectivity index (χ1v) is 8.48. The first-order chi connectivity index (χ1) is 10.9. The van der Waals surface area contributed by atoms with Gasteiger partial charge in [-0.25, -0.2) is 0 Å². The zero-order chi connectivity index (χ0) is 16.7. The first-order valence-electron chi connectivity index (χ1n) is 8.10. The molecule has 3 nitrogen and oxygen atoms in total. The minimum Gasteiger partial charge on any atom is -0.376 e. The standard InChI is InChI=1S/C19H23ClN2O/c1-11-7-12(2)19(17(20)8-11)21-10-18(23)16-9-13(3)22(14(16)4)15-5-6-15/h7-9,15,21H,5-6,10H2,1-4H3. The summed E-state index contributed by atoms with van der Waals surface area (Å²) in [5.41, 5.74) is 6.12. The predicted molar refractivity (Wildman–Crippen MR) is 95.9 cm³/mol. The average Bonchev–Trinajstić information content (AvgIpc) is 3.23. The van der Waals surface area contributed by atoms with Crippen LogP contribution in [0, 0.1) is 27.7 Å². The quantitative estimate of drug-likeness (QED) is 0.782. The van der Waals surface area contributed by atoms with Crippen molar-refractivity contribution >= 4 is 23.1 Å². The SMILES string of the molecule is Cc1cc(C)c(NCC(=O)c2cc(C)n(C3CC3)c2C)c(Cl)c1. The smallest absolute Gasteiger partial charge is 0.183 e. The van der Waals surface area contributed by atoms with Crippen LogP contribution in [0.15, 0.2) is 18.2 Å². The number of hydrogen-bond donors (Lipinski definition) is 1. The van der Waals surface area contributed by atoms with Crippen LogP contribution in [0.5, 0.6) is 0 Å². The topological polar surface area (TPSA) is 34.0 Å². The number of aryl methyl sites for hydroxylation is 3. The number of carbonyl (C=O) groups is 1. The molecule has 1 aliphatic carbocycles. The van der Waals surface area contributed by atoms with Gasteiger partial charge in [-0.15, -0.1) is 0 Å². The number of anilines is 1. The van der Waals surface area contributed by atoms with Crippen LogP contribution >= 0.6 is 11.6 Å². The van der Waals surface area contributed by atoms with Crippen molar-refractivity contribution in [1.82, 2.24) is 4.57 Å². The van der Waals surface area contributed by atoms with Crippen molar-refractivity contribution < 1.29 is 4.79 Å². The lowest BCUT2D eigenvalue weighted by Crippen LogP contribution is -2.16. The Hall–Kier alpha value is -1.74.